The highest BCUT2D eigenvalue weighted by atomic mass is 16.5. The first-order chi connectivity index (χ1) is 15.4. The van der Waals surface area contributed by atoms with Gasteiger partial charge < -0.3 is 24.3 Å². The fourth-order valence-electron chi connectivity index (χ4n) is 4.90. The topological polar surface area (TPSA) is 98.0 Å². The second-order valence-electron chi connectivity index (χ2n) is 8.78. The Labute approximate surface area is 189 Å². The van der Waals surface area contributed by atoms with E-state index in [2.05, 4.69) is 6.07 Å². The number of aliphatic carboxylic acids is 1. The van der Waals surface area contributed by atoms with E-state index in [1.54, 1.807) is 7.11 Å². The Balaban J connectivity index is 1.92. The van der Waals surface area contributed by atoms with Crippen LogP contribution in [0.4, 0.5) is 0 Å². The molecule has 1 fully saturated rings. The van der Waals surface area contributed by atoms with Gasteiger partial charge in [0.2, 0.25) is 0 Å². The fourth-order valence-corrected chi connectivity index (χ4v) is 4.90. The Kier molecular flexibility index (Phi) is 8.56. The van der Waals surface area contributed by atoms with Gasteiger partial charge in [0.05, 0.1) is 18.8 Å². The zero-order chi connectivity index (χ0) is 23.1. The van der Waals surface area contributed by atoms with Gasteiger partial charge in [-0.3, -0.25) is 4.79 Å². The van der Waals surface area contributed by atoms with Crippen molar-refractivity contribution in [2.45, 2.75) is 71.3 Å². The highest BCUT2D eigenvalue weighted by Crippen LogP contribution is 2.35. The van der Waals surface area contributed by atoms with Crippen molar-refractivity contribution in [1.29, 1.82) is 0 Å². The van der Waals surface area contributed by atoms with Crippen LogP contribution in [-0.2, 0) is 22.5 Å². The Morgan fingerprint density at radius 1 is 1.12 bits per heavy atom. The van der Waals surface area contributed by atoms with Gasteiger partial charge in [0.25, 0.3) is 0 Å². The van der Waals surface area contributed by atoms with Gasteiger partial charge in [-0.15, -0.1) is 0 Å². The highest BCUT2D eigenvalue weighted by molar-refractivity contribution is 6.05. The van der Waals surface area contributed by atoms with E-state index >= 15 is 0 Å². The predicted octanol–water partition coefficient (Wildman–Crippen LogP) is 5.05. The SMILES string of the molecule is COCCn1c(C)c(C(=O)O)c2cc(OCCCC(=O)O)c(CCCC3CCCC3)cc21. The first kappa shape index (κ1) is 24.1. The van der Waals surface area contributed by atoms with Crippen LogP contribution < -0.4 is 4.74 Å². The van der Waals surface area contributed by atoms with Crippen molar-refractivity contribution < 1.29 is 29.3 Å². The third-order valence-electron chi connectivity index (χ3n) is 6.56. The number of fused-ring (bicyclic) bond motifs is 1. The Hall–Kier alpha value is -2.54. The van der Waals surface area contributed by atoms with Crippen LogP contribution in [0.3, 0.4) is 0 Å². The fraction of sp³-hybridized carbons (Fsp3) is 0.600. The summed E-state index contributed by atoms with van der Waals surface area (Å²) in [6.07, 6.45) is 8.87. The maximum absolute atomic E-state index is 12.0. The summed E-state index contributed by atoms with van der Waals surface area (Å²) in [4.78, 5) is 22.9. The van der Waals surface area contributed by atoms with Gasteiger partial charge in [0.1, 0.15) is 5.75 Å². The molecule has 0 amide bonds. The molecule has 2 N–H and O–H groups in total. The first-order valence-electron chi connectivity index (χ1n) is 11.6. The van der Waals surface area contributed by atoms with Gasteiger partial charge in [-0.05, 0) is 49.8 Å². The summed E-state index contributed by atoms with van der Waals surface area (Å²) >= 11 is 0. The quantitative estimate of drug-likeness (QED) is 0.419. The first-order valence-corrected chi connectivity index (χ1v) is 11.6. The molecular formula is C25H35NO6. The van der Waals surface area contributed by atoms with Crippen molar-refractivity contribution in [1.82, 2.24) is 4.57 Å². The number of hydrogen-bond acceptors (Lipinski definition) is 4. The van der Waals surface area contributed by atoms with E-state index in [1.807, 2.05) is 17.6 Å². The number of carboxylic acid groups (broad SMARTS) is 2. The molecule has 0 unspecified atom stereocenters. The van der Waals surface area contributed by atoms with Crippen LogP contribution in [0, 0.1) is 12.8 Å². The molecule has 1 saturated carbocycles. The van der Waals surface area contributed by atoms with Gasteiger partial charge in [0, 0.05) is 36.7 Å². The number of carbonyl (C=O) groups is 2. The normalized spacial score (nSPS) is 14.3. The van der Waals surface area contributed by atoms with Crippen molar-refractivity contribution in [3.8, 4) is 5.75 Å². The monoisotopic (exact) mass is 445 g/mol. The number of hydrogen-bond donors (Lipinski definition) is 2. The van der Waals surface area contributed by atoms with E-state index in [4.69, 9.17) is 14.6 Å². The van der Waals surface area contributed by atoms with Crippen LogP contribution >= 0.6 is 0 Å². The number of aryl methyl sites for hydroxylation is 1. The molecule has 1 aromatic heterocycles. The lowest BCUT2D eigenvalue weighted by Gasteiger charge is -2.15. The van der Waals surface area contributed by atoms with Crippen LogP contribution in [0.2, 0.25) is 0 Å². The molecule has 0 atom stereocenters. The van der Waals surface area contributed by atoms with Crippen molar-refractivity contribution in [2.75, 3.05) is 20.3 Å². The molecule has 0 bridgehead atoms. The molecule has 1 heterocycles. The number of methoxy groups -OCH3 is 1. The Morgan fingerprint density at radius 3 is 2.53 bits per heavy atom. The minimum Gasteiger partial charge on any atom is -0.493 e. The molecule has 1 aliphatic carbocycles. The number of nitrogens with zero attached hydrogens (tertiary/aromatic N) is 1. The van der Waals surface area contributed by atoms with Crippen LogP contribution in [0.15, 0.2) is 12.1 Å². The maximum Gasteiger partial charge on any atom is 0.338 e. The molecule has 1 aliphatic rings. The zero-order valence-corrected chi connectivity index (χ0v) is 19.2. The Bertz CT molecular complexity index is 942. The molecule has 0 aliphatic heterocycles. The molecule has 7 heteroatoms. The van der Waals surface area contributed by atoms with Gasteiger partial charge in [0.15, 0.2) is 0 Å². The summed E-state index contributed by atoms with van der Waals surface area (Å²) in [5.41, 5.74) is 2.91. The Morgan fingerprint density at radius 2 is 1.88 bits per heavy atom. The van der Waals surface area contributed by atoms with Gasteiger partial charge in [-0.25, -0.2) is 4.79 Å². The van der Waals surface area contributed by atoms with E-state index in [-0.39, 0.29) is 12.0 Å². The number of ether oxygens (including phenoxy) is 2. The summed E-state index contributed by atoms with van der Waals surface area (Å²) < 4.78 is 13.2. The molecule has 176 valence electrons. The summed E-state index contributed by atoms with van der Waals surface area (Å²) in [7, 11) is 1.64. The van der Waals surface area contributed by atoms with E-state index in [0.29, 0.717) is 43.0 Å². The van der Waals surface area contributed by atoms with Crippen molar-refractivity contribution in [3.63, 3.8) is 0 Å². The molecule has 32 heavy (non-hydrogen) atoms. The van der Waals surface area contributed by atoms with Crippen molar-refractivity contribution >= 4 is 22.8 Å². The van der Waals surface area contributed by atoms with E-state index < -0.39 is 11.9 Å². The second kappa shape index (κ2) is 11.4. The lowest BCUT2D eigenvalue weighted by molar-refractivity contribution is -0.137. The van der Waals surface area contributed by atoms with Gasteiger partial charge >= 0.3 is 11.9 Å². The summed E-state index contributed by atoms with van der Waals surface area (Å²) in [6, 6.07) is 3.90. The third kappa shape index (κ3) is 5.82. The van der Waals surface area contributed by atoms with E-state index in [0.717, 1.165) is 29.8 Å². The lowest BCUT2D eigenvalue weighted by Crippen LogP contribution is -2.07. The second-order valence-corrected chi connectivity index (χ2v) is 8.78. The number of rotatable bonds is 13. The molecule has 0 saturated heterocycles. The van der Waals surface area contributed by atoms with Crippen LogP contribution in [0.5, 0.6) is 5.75 Å². The molecule has 7 nitrogen and oxygen atoms in total. The van der Waals surface area contributed by atoms with E-state index in [1.165, 1.54) is 32.1 Å². The van der Waals surface area contributed by atoms with Gasteiger partial charge in [-0.2, -0.15) is 0 Å². The molecule has 1 aromatic carbocycles. The molecular weight excluding hydrogens is 410 g/mol. The maximum atomic E-state index is 12.0. The summed E-state index contributed by atoms with van der Waals surface area (Å²) in [5.74, 6) is -0.333. The van der Waals surface area contributed by atoms with Crippen LogP contribution in [0.25, 0.3) is 10.9 Å². The number of aromatic carboxylic acids is 1. The smallest absolute Gasteiger partial charge is 0.338 e. The average Bonchev–Trinajstić information content (AvgIpc) is 3.35. The highest BCUT2D eigenvalue weighted by Gasteiger charge is 2.22. The van der Waals surface area contributed by atoms with Crippen LogP contribution in [-0.4, -0.2) is 47.0 Å². The standard InChI is InChI=1S/C25H35NO6/c1-17-24(25(29)30)20-16-22(32-13-6-11-23(27)28)19(10-5-9-18-7-3-4-8-18)15-21(20)26(17)12-14-31-2/h15-16,18H,3-14H2,1-2H3,(H,27,28)(H,29,30). The van der Waals surface area contributed by atoms with Crippen molar-refractivity contribution in [3.05, 3.63) is 29.0 Å². The minimum atomic E-state index is -0.963. The minimum absolute atomic E-state index is 0.0478. The molecule has 2 aromatic rings. The summed E-state index contributed by atoms with van der Waals surface area (Å²) in [5, 5.41) is 19.4. The predicted molar refractivity (Wildman–Crippen MR) is 123 cm³/mol. The molecule has 0 radical (unpaired) electrons. The largest absolute Gasteiger partial charge is 0.493 e. The summed E-state index contributed by atoms with van der Waals surface area (Å²) in [6.45, 7) is 3.19. The average molecular weight is 446 g/mol. The molecule has 0 spiro atoms. The number of benzene rings is 1. The third-order valence-corrected chi connectivity index (χ3v) is 6.56. The van der Waals surface area contributed by atoms with E-state index in [9.17, 15) is 14.7 Å². The van der Waals surface area contributed by atoms with Crippen LogP contribution in [0.1, 0.15) is 73.0 Å². The van der Waals surface area contributed by atoms with Gasteiger partial charge in [-0.1, -0.05) is 32.1 Å². The zero-order valence-electron chi connectivity index (χ0n) is 19.2. The lowest BCUT2D eigenvalue weighted by atomic mass is 9.97. The number of aromatic nitrogens is 1. The number of carboxylic acids is 2. The van der Waals surface area contributed by atoms with Crippen molar-refractivity contribution in [2.24, 2.45) is 5.92 Å². The molecule has 3 rings (SSSR count).